The monoisotopic (exact) mass is 356 g/mol. The van der Waals surface area contributed by atoms with Gasteiger partial charge in [-0.3, -0.25) is 0 Å². The van der Waals surface area contributed by atoms with Gasteiger partial charge in [0.05, 0.1) is 11.6 Å². The molecule has 0 spiro atoms. The summed E-state index contributed by atoms with van der Waals surface area (Å²) in [4.78, 5) is 15.4. The van der Waals surface area contributed by atoms with Gasteiger partial charge in [0.2, 0.25) is 0 Å². The number of pyridine rings is 1. The minimum Gasteiger partial charge on any atom is -0.464 e. The Hall–Kier alpha value is -2.71. The Morgan fingerprint density at radius 2 is 2.00 bits per heavy atom. The topological polar surface area (TPSA) is 79.2 Å². The molecule has 0 fully saturated rings. The second-order valence-corrected chi connectivity index (χ2v) is 5.43. The van der Waals surface area contributed by atoms with Gasteiger partial charge in [-0.1, -0.05) is 0 Å². The van der Waals surface area contributed by atoms with Crippen molar-refractivity contribution in [1.82, 2.24) is 15.6 Å². The predicted molar refractivity (Wildman–Crippen MR) is 86.1 cm³/mol. The van der Waals surface area contributed by atoms with Crippen molar-refractivity contribution in [3.05, 3.63) is 47.5 Å². The van der Waals surface area contributed by atoms with Crippen LogP contribution in [0.4, 0.5) is 23.8 Å². The molecule has 3 N–H and O–H groups in total. The van der Waals surface area contributed by atoms with Gasteiger partial charge in [-0.25, -0.2) is 9.78 Å². The number of rotatable bonds is 6. The minimum absolute atomic E-state index is 0.276. The van der Waals surface area contributed by atoms with E-state index in [0.717, 1.165) is 18.0 Å². The number of aryl methyl sites for hydroxylation is 1. The van der Waals surface area contributed by atoms with Crippen LogP contribution in [0.1, 0.15) is 30.0 Å². The summed E-state index contributed by atoms with van der Waals surface area (Å²) in [5.41, 5.74) is -0.808. The molecule has 0 saturated heterocycles. The first-order valence-electron chi connectivity index (χ1n) is 7.63. The van der Waals surface area contributed by atoms with E-state index in [0.29, 0.717) is 18.1 Å². The van der Waals surface area contributed by atoms with Gasteiger partial charge >= 0.3 is 12.2 Å². The van der Waals surface area contributed by atoms with Gasteiger partial charge < -0.3 is 20.4 Å². The lowest BCUT2D eigenvalue weighted by molar-refractivity contribution is -0.137. The number of hydrogen-bond donors (Lipinski definition) is 3. The average molecular weight is 356 g/mol. The zero-order valence-corrected chi connectivity index (χ0v) is 13.8. The van der Waals surface area contributed by atoms with Crippen LogP contribution in [0.15, 0.2) is 34.9 Å². The van der Waals surface area contributed by atoms with Crippen molar-refractivity contribution >= 4 is 11.8 Å². The zero-order valence-electron chi connectivity index (χ0n) is 13.8. The van der Waals surface area contributed by atoms with Crippen LogP contribution in [0.5, 0.6) is 0 Å². The minimum atomic E-state index is -4.41. The Morgan fingerprint density at radius 3 is 2.56 bits per heavy atom. The molecule has 0 aromatic carbocycles. The molecule has 2 heterocycles. The Morgan fingerprint density at radius 1 is 1.24 bits per heavy atom. The summed E-state index contributed by atoms with van der Waals surface area (Å²) < 4.78 is 42.7. The third-order valence-corrected chi connectivity index (χ3v) is 3.34. The maximum absolute atomic E-state index is 12.4. The lowest BCUT2D eigenvalue weighted by Gasteiger charge is -2.13. The van der Waals surface area contributed by atoms with Crippen molar-refractivity contribution in [1.29, 1.82) is 0 Å². The first-order chi connectivity index (χ1) is 11.8. The van der Waals surface area contributed by atoms with Crippen LogP contribution >= 0.6 is 0 Å². The molecular weight excluding hydrogens is 337 g/mol. The van der Waals surface area contributed by atoms with Gasteiger partial charge in [-0.2, -0.15) is 13.2 Å². The largest absolute Gasteiger partial charge is 0.464 e. The number of hydrogen-bond acceptors (Lipinski definition) is 4. The number of alkyl halides is 3. The summed E-state index contributed by atoms with van der Waals surface area (Å²) in [5.74, 6) is 1.71. The van der Waals surface area contributed by atoms with Crippen molar-refractivity contribution in [3.8, 4) is 0 Å². The molecule has 2 aromatic rings. The van der Waals surface area contributed by atoms with Crippen molar-refractivity contribution < 1.29 is 22.4 Å². The molecule has 2 aromatic heterocycles. The molecule has 25 heavy (non-hydrogen) atoms. The number of aromatic nitrogens is 1. The first-order valence-corrected chi connectivity index (χ1v) is 7.63. The van der Waals surface area contributed by atoms with E-state index in [1.165, 1.54) is 6.07 Å². The van der Waals surface area contributed by atoms with Gasteiger partial charge in [-0.15, -0.1) is 0 Å². The van der Waals surface area contributed by atoms with Crippen LogP contribution in [-0.2, 0) is 6.18 Å². The van der Waals surface area contributed by atoms with E-state index in [-0.39, 0.29) is 18.6 Å². The number of halogens is 3. The summed E-state index contributed by atoms with van der Waals surface area (Å²) in [6.07, 6.45) is -3.65. The number of anilines is 1. The molecule has 0 aliphatic rings. The lowest BCUT2D eigenvalue weighted by Crippen LogP contribution is -2.39. The number of carbonyl (C=O) groups is 1. The highest BCUT2D eigenvalue weighted by atomic mass is 19.4. The predicted octanol–water partition coefficient (Wildman–Crippen LogP) is 3.47. The molecule has 0 aliphatic heterocycles. The zero-order chi connectivity index (χ0) is 18.4. The Kier molecular flexibility index (Phi) is 5.89. The average Bonchev–Trinajstić information content (AvgIpc) is 2.98. The van der Waals surface area contributed by atoms with Crippen molar-refractivity contribution in [2.45, 2.75) is 26.1 Å². The molecule has 1 unspecified atom stereocenters. The second kappa shape index (κ2) is 7.91. The van der Waals surface area contributed by atoms with Crippen LogP contribution in [0.2, 0.25) is 0 Å². The fourth-order valence-electron chi connectivity index (χ4n) is 2.04. The summed E-state index contributed by atoms with van der Waals surface area (Å²) in [7, 11) is 0. The number of nitrogens with zero attached hydrogens (tertiary/aromatic N) is 1. The second-order valence-electron chi connectivity index (χ2n) is 5.43. The van der Waals surface area contributed by atoms with Crippen LogP contribution < -0.4 is 16.0 Å². The van der Waals surface area contributed by atoms with Crippen molar-refractivity contribution in [2.24, 2.45) is 0 Å². The van der Waals surface area contributed by atoms with Gasteiger partial charge in [-0.05, 0) is 38.1 Å². The highest BCUT2D eigenvalue weighted by Gasteiger charge is 2.30. The Balaban J connectivity index is 1.69. The van der Waals surface area contributed by atoms with Crippen LogP contribution in [0.25, 0.3) is 0 Å². The molecule has 0 radical (unpaired) electrons. The van der Waals surface area contributed by atoms with E-state index >= 15 is 0 Å². The van der Waals surface area contributed by atoms with Crippen molar-refractivity contribution in [3.63, 3.8) is 0 Å². The van der Waals surface area contributed by atoms with Crippen molar-refractivity contribution in [2.75, 3.05) is 18.4 Å². The number of carbonyl (C=O) groups excluding carboxylic acids is 1. The van der Waals surface area contributed by atoms with E-state index in [4.69, 9.17) is 4.42 Å². The first kappa shape index (κ1) is 18.6. The molecular formula is C16H19F3N4O2. The highest BCUT2D eigenvalue weighted by molar-refractivity contribution is 5.74. The van der Waals surface area contributed by atoms with E-state index in [1.807, 2.05) is 13.0 Å². The highest BCUT2D eigenvalue weighted by Crippen LogP contribution is 2.28. The third-order valence-electron chi connectivity index (χ3n) is 3.34. The Bertz CT molecular complexity index is 698. The number of nitrogens with one attached hydrogen (secondary N) is 3. The molecule has 0 aliphatic carbocycles. The molecule has 0 bridgehead atoms. The smallest absolute Gasteiger partial charge is 0.417 e. The fraction of sp³-hybridized carbons (Fsp3) is 0.375. The van der Waals surface area contributed by atoms with E-state index in [2.05, 4.69) is 20.9 Å². The maximum atomic E-state index is 12.4. The standard InChI is InChI=1S/C16H19F3N4O2/c1-10-3-5-13(25-10)11(2)23-15(24)21-8-7-20-14-6-4-12(9-22-14)16(17,18)19/h3-6,9,11H,7-8H2,1-2H3,(H,20,22)(H2,21,23,24). The molecule has 0 saturated carbocycles. The number of amides is 2. The SMILES string of the molecule is Cc1ccc(C(C)NC(=O)NCCNc2ccc(C(F)(F)F)cn2)o1. The normalized spacial score (nSPS) is 12.5. The fourth-order valence-corrected chi connectivity index (χ4v) is 2.04. The van der Waals surface area contributed by atoms with Gasteiger partial charge in [0.25, 0.3) is 0 Å². The summed E-state index contributed by atoms with van der Waals surface area (Å²) in [5, 5.41) is 8.18. The molecule has 1 atom stereocenters. The lowest BCUT2D eigenvalue weighted by atomic mass is 10.2. The van der Waals surface area contributed by atoms with Gasteiger partial charge in [0, 0.05) is 19.3 Å². The number of urea groups is 1. The van der Waals surface area contributed by atoms with E-state index < -0.39 is 11.7 Å². The van der Waals surface area contributed by atoms with E-state index in [9.17, 15) is 18.0 Å². The molecule has 2 rings (SSSR count). The van der Waals surface area contributed by atoms with Crippen LogP contribution in [-0.4, -0.2) is 24.1 Å². The van der Waals surface area contributed by atoms with Gasteiger partial charge in [0.15, 0.2) is 0 Å². The van der Waals surface area contributed by atoms with E-state index in [1.54, 1.807) is 13.0 Å². The Labute approximate surface area is 142 Å². The molecule has 9 heteroatoms. The van der Waals surface area contributed by atoms with Crippen LogP contribution in [0, 0.1) is 6.92 Å². The maximum Gasteiger partial charge on any atom is 0.417 e. The summed E-state index contributed by atoms with van der Waals surface area (Å²) >= 11 is 0. The molecule has 6 nitrogen and oxygen atoms in total. The quantitative estimate of drug-likeness (QED) is 0.693. The summed E-state index contributed by atoms with van der Waals surface area (Å²) in [6.45, 7) is 4.21. The summed E-state index contributed by atoms with van der Waals surface area (Å²) in [6, 6.07) is 5.14. The van der Waals surface area contributed by atoms with Gasteiger partial charge in [0.1, 0.15) is 17.3 Å². The number of furan rings is 1. The van der Waals surface area contributed by atoms with Crippen LogP contribution in [0.3, 0.4) is 0 Å². The molecule has 2 amide bonds. The molecule has 136 valence electrons. The third kappa shape index (κ3) is 5.70.